The van der Waals surface area contributed by atoms with Gasteiger partial charge in [-0.1, -0.05) is 0 Å². The Morgan fingerprint density at radius 3 is 2.00 bits per heavy atom. The van der Waals surface area contributed by atoms with E-state index in [2.05, 4.69) is 0 Å². The van der Waals surface area contributed by atoms with E-state index >= 15 is 0 Å². The van der Waals surface area contributed by atoms with Crippen LogP contribution in [0.25, 0.3) is 0 Å². The standard InChI is InChI=1S/C10H19NO3/c1-7(8(2)12)11(6)9(13)14-10(3,4)5/h7H,1-6H3/t7-/m1/s1. The predicted molar refractivity (Wildman–Crippen MR) is 54.1 cm³/mol. The first-order valence-electron chi connectivity index (χ1n) is 4.61. The van der Waals surface area contributed by atoms with Crippen molar-refractivity contribution >= 4 is 11.9 Å². The molecular weight excluding hydrogens is 182 g/mol. The maximum Gasteiger partial charge on any atom is 0.410 e. The van der Waals surface area contributed by atoms with Crippen molar-refractivity contribution in [2.75, 3.05) is 7.05 Å². The van der Waals surface area contributed by atoms with E-state index in [1.807, 2.05) is 0 Å². The lowest BCUT2D eigenvalue weighted by Gasteiger charge is -2.27. The highest BCUT2D eigenvalue weighted by molar-refractivity contribution is 5.84. The molecule has 0 bridgehead atoms. The van der Waals surface area contributed by atoms with Gasteiger partial charge in [0.25, 0.3) is 0 Å². The van der Waals surface area contributed by atoms with E-state index in [9.17, 15) is 9.59 Å². The first-order valence-corrected chi connectivity index (χ1v) is 4.61. The first-order chi connectivity index (χ1) is 6.15. The summed E-state index contributed by atoms with van der Waals surface area (Å²) in [7, 11) is 1.56. The van der Waals surface area contributed by atoms with E-state index < -0.39 is 17.7 Å². The molecular formula is C10H19NO3. The summed E-state index contributed by atoms with van der Waals surface area (Å²) in [6.07, 6.45) is -0.472. The van der Waals surface area contributed by atoms with Crippen LogP contribution in [0.4, 0.5) is 4.79 Å². The maximum absolute atomic E-state index is 11.5. The molecule has 1 amide bonds. The van der Waals surface area contributed by atoms with Crippen molar-refractivity contribution in [1.29, 1.82) is 0 Å². The fraction of sp³-hybridized carbons (Fsp3) is 0.800. The van der Waals surface area contributed by atoms with Crippen molar-refractivity contribution in [2.24, 2.45) is 0 Å². The van der Waals surface area contributed by atoms with Crippen LogP contribution in [0.2, 0.25) is 0 Å². The summed E-state index contributed by atoms with van der Waals surface area (Å²) in [5, 5.41) is 0. The lowest BCUT2D eigenvalue weighted by molar-refractivity contribution is -0.121. The second kappa shape index (κ2) is 4.44. The molecule has 0 N–H and O–H groups in total. The van der Waals surface area contributed by atoms with E-state index in [0.717, 1.165) is 0 Å². The van der Waals surface area contributed by atoms with Crippen molar-refractivity contribution in [2.45, 2.75) is 46.3 Å². The van der Waals surface area contributed by atoms with Gasteiger partial charge >= 0.3 is 6.09 Å². The van der Waals surface area contributed by atoms with Crippen molar-refractivity contribution < 1.29 is 14.3 Å². The van der Waals surface area contributed by atoms with Gasteiger partial charge in [0.05, 0.1) is 6.04 Å². The Hall–Kier alpha value is -1.06. The van der Waals surface area contributed by atoms with Gasteiger partial charge < -0.3 is 9.64 Å². The van der Waals surface area contributed by atoms with Crippen LogP contribution in [0.1, 0.15) is 34.6 Å². The highest BCUT2D eigenvalue weighted by Crippen LogP contribution is 2.10. The highest BCUT2D eigenvalue weighted by Gasteiger charge is 2.24. The molecule has 0 aromatic carbocycles. The lowest BCUT2D eigenvalue weighted by Crippen LogP contribution is -2.42. The van der Waals surface area contributed by atoms with Crippen LogP contribution >= 0.6 is 0 Å². The maximum atomic E-state index is 11.5. The molecule has 0 aliphatic rings. The quantitative estimate of drug-likeness (QED) is 0.684. The summed E-state index contributed by atoms with van der Waals surface area (Å²) in [4.78, 5) is 23.8. The summed E-state index contributed by atoms with van der Waals surface area (Å²) in [6, 6.07) is -0.440. The second-order valence-corrected chi connectivity index (χ2v) is 4.38. The van der Waals surface area contributed by atoms with Gasteiger partial charge in [-0.2, -0.15) is 0 Å². The molecule has 0 aliphatic heterocycles. The topological polar surface area (TPSA) is 46.6 Å². The Bertz CT molecular complexity index is 230. The van der Waals surface area contributed by atoms with E-state index in [1.165, 1.54) is 11.8 Å². The van der Waals surface area contributed by atoms with Gasteiger partial charge in [0.2, 0.25) is 0 Å². The molecule has 0 unspecified atom stereocenters. The van der Waals surface area contributed by atoms with E-state index in [4.69, 9.17) is 4.74 Å². The van der Waals surface area contributed by atoms with Crippen LogP contribution in [0.3, 0.4) is 0 Å². The Labute approximate surface area is 85.2 Å². The van der Waals surface area contributed by atoms with Crippen LogP contribution in [-0.2, 0) is 9.53 Å². The number of hydrogen-bond donors (Lipinski definition) is 0. The molecule has 4 heteroatoms. The zero-order valence-electron chi connectivity index (χ0n) is 9.75. The number of carbonyl (C=O) groups excluding carboxylic acids is 2. The Morgan fingerprint density at radius 2 is 1.71 bits per heavy atom. The number of ether oxygens (including phenoxy) is 1. The molecule has 0 saturated heterocycles. The minimum atomic E-state index is -0.526. The number of amides is 1. The smallest absolute Gasteiger partial charge is 0.410 e. The Morgan fingerprint density at radius 1 is 1.29 bits per heavy atom. The second-order valence-electron chi connectivity index (χ2n) is 4.38. The first kappa shape index (κ1) is 12.9. The average Bonchev–Trinajstić information content (AvgIpc) is 1.98. The number of ketones is 1. The van der Waals surface area contributed by atoms with Crippen LogP contribution in [0, 0.1) is 0 Å². The van der Waals surface area contributed by atoms with E-state index in [-0.39, 0.29) is 5.78 Å². The third-order valence-electron chi connectivity index (χ3n) is 1.85. The van der Waals surface area contributed by atoms with E-state index in [1.54, 1.807) is 34.7 Å². The summed E-state index contributed by atoms with van der Waals surface area (Å²) >= 11 is 0. The van der Waals surface area contributed by atoms with Gasteiger partial charge in [-0.15, -0.1) is 0 Å². The third-order valence-corrected chi connectivity index (χ3v) is 1.85. The molecule has 0 radical (unpaired) electrons. The van der Waals surface area contributed by atoms with Gasteiger partial charge in [-0.05, 0) is 34.6 Å². The van der Waals surface area contributed by atoms with E-state index in [0.29, 0.717) is 0 Å². The molecule has 0 saturated carbocycles. The largest absolute Gasteiger partial charge is 0.444 e. The fourth-order valence-corrected chi connectivity index (χ4v) is 0.765. The molecule has 0 aromatic rings. The van der Waals surface area contributed by atoms with Crippen molar-refractivity contribution in [3.8, 4) is 0 Å². The Kier molecular flexibility index (Phi) is 4.10. The number of hydrogen-bond acceptors (Lipinski definition) is 3. The molecule has 0 aliphatic carbocycles. The summed E-state index contributed by atoms with van der Waals surface area (Å²) < 4.78 is 5.11. The lowest BCUT2D eigenvalue weighted by atomic mass is 10.2. The number of rotatable bonds is 2. The predicted octanol–water partition coefficient (Wildman–Crippen LogP) is 1.83. The number of carbonyl (C=O) groups is 2. The fourth-order valence-electron chi connectivity index (χ4n) is 0.765. The van der Waals surface area contributed by atoms with Gasteiger partial charge in [-0.3, -0.25) is 4.79 Å². The van der Waals surface area contributed by atoms with Crippen LogP contribution in [-0.4, -0.2) is 35.5 Å². The molecule has 1 atom stereocenters. The SMILES string of the molecule is CC(=O)[C@@H](C)N(C)C(=O)OC(C)(C)C. The molecule has 4 nitrogen and oxygen atoms in total. The molecule has 0 spiro atoms. The Balaban J connectivity index is 4.33. The van der Waals surface area contributed by atoms with Crippen molar-refractivity contribution in [3.63, 3.8) is 0 Å². The van der Waals surface area contributed by atoms with Gasteiger partial charge in [0, 0.05) is 7.05 Å². The molecule has 14 heavy (non-hydrogen) atoms. The molecule has 82 valence electrons. The normalized spacial score (nSPS) is 13.3. The minimum Gasteiger partial charge on any atom is -0.444 e. The highest BCUT2D eigenvalue weighted by atomic mass is 16.6. The zero-order chi connectivity index (χ0) is 11.5. The van der Waals surface area contributed by atoms with Crippen LogP contribution < -0.4 is 0 Å². The number of Topliss-reactive ketones (excluding diaryl/α,β-unsaturated/α-hetero) is 1. The average molecular weight is 201 g/mol. The van der Waals surface area contributed by atoms with Crippen molar-refractivity contribution in [1.82, 2.24) is 4.90 Å². The summed E-state index contributed by atoms with van der Waals surface area (Å²) in [6.45, 7) is 8.49. The third kappa shape index (κ3) is 4.25. The monoisotopic (exact) mass is 201 g/mol. The van der Waals surface area contributed by atoms with Gasteiger partial charge in [0.1, 0.15) is 5.60 Å². The van der Waals surface area contributed by atoms with Crippen LogP contribution in [0.5, 0.6) is 0 Å². The van der Waals surface area contributed by atoms with Crippen LogP contribution in [0.15, 0.2) is 0 Å². The molecule has 0 fully saturated rings. The number of likely N-dealkylation sites (N-methyl/N-ethyl adjacent to an activating group) is 1. The molecule has 0 rings (SSSR count). The zero-order valence-corrected chi connectivity index (χ0v) is 9.75. The van der Waals surface area contributed by atoms with Gasteiger partial charge in [-0.25, -0.2) is 4.79 Å². The summed E-state index contributed by atoms with van der Waals surface area (Å²) in [5.74, 6) is -0.0571. The molecule has 0 aromatic heterocycles. The number of nitrogens with zero attached hydrogens (tertiary/aromatic N) is 1. The van der Waals surface area contributed by atoms with Gasteiger partial charge in [0.15, 0.2) is 5.78 Å². The molecule has 0 heterocycles. The minimum absolute atomic E-state index is 0.0571. The van der Waals surface area contributed by atoms with Crippen molar-refractivity contribution in [3.05, 3.63) is 0 Å². The summed E-state index contributed by atoms with van der Waals surface area (Å²) in [5.41, 5.74) is -0.526.